The van der Waals surface area contributed by atoms with Crippen LogP contribution in [0.25, 0.3) is 28.0 Å². The van der Waals surface area contributed by atoms with E-state index in [2.05, 4.69) is 25.3 Å². The Bertz CT molecular complexity index is 1910. The summed E-state index contributed by atoms with van der Waals surface area (Å²) in [6.07, 6.45) is 7.03. The number of fused-ring (bicyclic) bond motifs is 3. The van der Waals surface area contributed by atoms with E-state index >= 15 is 0 Å². The highest BCUT2D eigenvalue weighted by molar-refractivity contribution is 7.91. The first kappa shape index (κ1) is 26.2. The smallest absolute Gasteiger partial charge is 0.291 e. The lowest BCUT2D eigenvalue weighted by Gasteiger charge is -2.43. The molecule has 2 aliphatic rings. The monoisotopic (exact) mass is 585 g/mol. The lowest BCUT2D eigenvalue weighted by atomic mass is 9.83. The Morgan fingerprint density at radius 2 is 1.79 bits per heavy atom. The molecule has 0 saturated carbocycles. The van der Waals surface area contributed by atoms with Gasteiger partial charge in [-0.2, -0.15) is 14.7 Å². The number of sulfone groups is 1. The summed E-state index contributed by atoms with van der Waals surface area (Å²) in [7, 11) is -3.94. The minimum Gasteiger partial charge on any atom is -0.383 e. The molecule has 214 valence electrons. The molecule has 5 aromatic rings. The third-order valence-corrected chi connectivity index (χ3v) is 9.36. The van der Waals surface area contributed by atoms with E-state index < -0.39 is 15.4 Å². The van der Waals surface area contributed by atoms with Gasteiger partial charge in [0.25, 0.3) is 5.91 Å². The number of nitrogen functional groups attached to an aromatic ring is 1. The topological polar surface area (TPSA) is 185 Å². The van der Waals surface area contributed by atoms with Gasteiger partial charge in [0, 0.05) is 54.1 Å². The number of nitrogens with one attached hydrogen (secondary N) is 1. The second kappa shape index (κ2) is 9.42. The summed E-state index contributed by atoms with van der Waals surface area (Å²) in [5, 5.41) is 22.9. The van der Waals surface area contributed by atoms with Gasteiger partial charge in [-0.15, -0.1) is 0 Å². The zero-order valence-electron chi connectivity index (χ0n) is 22.5. The van der Waals surface area contributed by atoms with Crippen LogP contribution in [-0.2, 0) is 15.4 Å². The number of carbonyl (C=O) groups excluding carboxylic acids is 1. The Morgan fingerprint density at radius 1 is 1.05 bits per heavy atom. The molecule has 6 heterocycles. The molecule has 42 heavy (non-hydrogen) atoms. The second-order valence-corrected chi connectivity index (χ2v) is 12.9. The van der Waals surface area contributed by atoms with Gasteiger partial charge in [0.15, 0.2) is 15.5 Å². The highest BCUT2D eigenvalue weighted by atomic mass is 32.2. The summed E-state index contributed by atoms with van der Waals surface area (Å²) in [5.41, 5.74) is 8.11. The van der Waals surface area contributed by atoms with Crippen molar-refractivity contribution in [1.29, 1.82) is 0 Å². The first-order valence-corrected chi connectivity index (χ1v) is 15.3. The predicted molar refractivity (Wildman–Crippen MR) is 152 cm³/mol. The minimum atomic E-state index is -3.94. The van der Waals surface area contributed by atoms with Crippen molar-refractivity contribution in [3.63, 3.8) is 0 Å². The van der Waals surface area contributed by atoms with E-state index in [1.54, 1.807) is 17.3 Å². The van der Waals surface area contributed by atoms with Crippen molar-refractivity contribution < 1.29 is 18.3 Å². The molecule has 14 heteroatoms. The molecule has 4 aromatic heterocycles. The molecule has 4 N–H and O–H groups in total. The lowest BCUT2D eigenvalue weighted by Crippen LogP contribution is -2.52. The van der Waals surface area contributed by atoms with Gasteiger partial charge < -0.3 is 15.7 Å². The number of H-pyrrole nitrogens is 1. The Morgan fingerprint density at radius 3 is 2.40 bits per heavy atom. The van der Waals surface area contributed by atoms with Gasteiger partial charge >= 0.3 is 0 Å². The average molecular weight is 586 g/mol. The maximum atomic E-state index is 13.2. The number of benzene rings is 1. The van der Waals surface area contributed by atoms with Gasteiger partial charge in [0.05, 0.1) is 17.6 Å². The van der Waals surface area contributed by atoms with Crippen molar-refractivity contribution in [2.24, 2.45) is 0 Å². The van der Waals surface area contributed by atoms with Gasteiger partial charge in [-0.25, -0.2) is 18.4 Å². The van der Waals surface area contributed by atoms with Gasteiger partial charge in [-0.1, -0.05) is 36.4 Å². The summed E-state index contributed by atoms with van der Waals surface area (Å²) in [6.45, 7) is 0. The van der Waals surface area contributed by atoms with Crippen LogP contribution in [0.2, 0.25) is 0 Å². The number of nitrogens with two attached hydrogens (primary N) is 1. The molecule has 13 nitrogen and oxygen atoms in total. The molecule has 7 rings (SSSR count). The van der Waals surface area contributed by atoms with Crippen molar-refractivity contribution in [2.75, 3.05) is 12.0 Å². The Kier molecular flexibility index (Phi) is 5.88. The van der Waals surface area contributed by atoms with Crippen LogP contribution in [0.5, 0.6) is 0 Å². The van der Waals surface area contributed by atoms with Crippen molar-refractivity contribution in [1.82, 2.24) is 39.7 Å². The quantitative estimate of drug-likeness (QED) is 0.276. The normalized spacial score (nSPS) is 22.1. The number of aromatic nitrogens is 7. The van der Waals surface area contributed by atoms with Gasteiger partial charge in [0.2, 0.25) is 5.82 Å². The highest BCUT2D eigenvalue weighted by Gasteiger charge is 2.53. The van der Waals surface area contributed by atoms with E-state index in [0.29, 0.717) is 29.6 Å². The first-order valence-electron chi connectivity index (χ1n) is 13.4. The van der Waals surface area contributed by atoms with Crippen LogP contribution in [-0.4, -0.2) is 77.4 Å². The molecule has 2 aliphatic heterocycles. The molecule has 1 aromatic carbocycles. The third kappa shape index (κ3) is 4.13. The van der Waals surface area contributed by atoms with Crippen LogP contribution < -0.4 is 5.73 Å². The Hall–Kier alpha value is -4.69. The zero-order chi connectivity index (χ0) is 29.2. The fourth-order valence-electron chi connectivity index (χ4n) is 6.40. The van der Waals surface area contributed by atoms with Crippen molar-refractivity contribution in [3.05, 3.63) is 72.7 Å². The minimum absolute atomic E-state index is 0.0331. The Labute approximate surface area is 240 Å². The fraction of sp³-hybridized carbons (Fsp3) is 0.286. The van der Waals surface area contributed by atoms with Gasteiger partial charge in [0.1, 0.15) is 22.6 Å². The number of nitrogens with zero attached hydrogens (tertiary/aromatic N) is 7. The molecule has 0 spiro atoms. The molecule has 1 unspecified atom stereocenters. The largest absolute Gasteiger partial charge is 0.383 e. The summed E-state index contributed by atoms with van der Waals surface area (Å²) in [5.74, 6) is -0.329. The SMILES string of the molecule is CS(=O)(=O)c1c(C2(O)C[C@H]3CC[C@@H](C2)N3C(=O)c2ncn[nH]2)nc2c(-c3ccc(-c4ccccc4)nc3)cnn2c1N. The second-order valence-electron chi connectivity index (χ2n) is 10.9. The molecule has 1 amide bonds. The molecule has 0 radical (unpaired) electrons. The standard InChI is InChI=1S/C28H27N9O4S/c1-42(40,41)22-23(28(39)11-18-8-9-19(12-28)36(18)27(38)25-31-15-32-35-25)34-26-20(14-33-37(26)24(22)29)17-7-10-21(30-13-17)16-5-3-2-4-6-16/h2-7,10,13-15,18-19,39H,8-9,11-12,29H2,1H3,(H,31,32,35)/t18-,19+,28?. The van der Waals surface area contributed by atoms with Crippen molar-refractivity contribution in [3.8, 4) is 22.4 Å². The summed E-state index contributed by atoms with van der Waals surface area (Å²) in [6, 6.07) is 12.8. The van der Waals surface area contributed by atoms with E-state index in [-0.39, 0.29) is 53.1 Å². The van der Waals surface area contributed by atoms with Crippen LogP contribution >= 0.6 is 0 Å². The lowest BCUT2D eigenvalue weighted by molar-refractivity contribution is -0.0529. The van der Waals surface area contributed by atoms with Crippen LogP contribution in [0, 0.1) is 0 Å². The number of aliphatic hydroxyl groups is 1. The number of carbonyl (C=O) groups is 1. The number of pyridine rings is 1. The van der Waals surface area contributed by atoms with Crippen LogP contribution in [0.4, 0.5) is 5.82 Å². The molecule has 2 saturated heterocycles. The number of piperidine rings is 1. The summed E-state index contributed by atoms with van der Waals surface area (Å²) >= 11 is 0. The van der Waals surface area contributed by atoms with E-state index in [4.69, 9.17) is 10.7 Å². The van der Waals surface area contributed by atoms with E-state index in [1.807, 2.05) is 42.5 Å². The molecule has 0 aliphatic carbocycles. The predicted octanol–water partition coefficient (Wildman–Crippen LogP) is 2.22. The maximum absolute atomic E-state index is 13.2. The molecular formula is C28H27N9O4S. The summed E-state index contributed by atoms with van der Waals surface area (Å²) < 4.78 is 27.5. The summed E-state index contributed by atoms with van der Waals surface area (Å²) in [4.78, 5) is 28.0. The van der Waals surface area contributed by atoms with Gasteiger partial charge in [-0.05, 0) is 18.9 Å². The molecule has 2 bridgehead atoms. The van der Waals surface area contributed by atoms with Crippen LogP contribution in [0.1, 0.15) is 42.0 Å². The van der Waals surface area contributed by atoms with Crippen molar-refractivity contribution >= 4 is 27.2 Å². The van der Waals surface area contributed by atoms with Gasteiger partial charge in [-0.3, -0.25) is 14.9 Å². The first-order chi connectivity index (χ1) is 20.1. The number of hydrogen-bond acceptors (Lipinski definition) is 10. The highest BCUT2D eigenvalue weighted by Crippen LogP contribution is 2.48. The zero-order valence-corrected chi connectivity index (χ0v) is 23.4. The van der Waals surface area contributed by atoms with E-state index in [9.17, 15) is 18.3 Å². The Balaban J connectivity index is 1.32. The maximum Gasteiger partial charge on any atom is 0.291 e. The van der Waals surface area contributed by atoms with Crippen LogP contribution in [0.3, 0.4) is 0 Å². The number of rotatable bonds is 5. The third-order valence-electron chi connectivity index (χ3n) is 8.21. The molecule has 3 atom stereocenters. The van der Waals surface area contributed by atoms with Crippen molar-refractivity contribution in [2.45, 2.75) is 48.3 Å². The van der Waals surface area contributed by atoms with E-state index in [0.717, 1.165) is 17.5 Å². The number of amides is 1. The molecule has 2 fully saturated rings. The van der Waals surface area contributed by atoms with E-state index in [1.165, 1.54) is 10.8 Å². The number of aromatic amines is 1. The number of anilines is 1. The van der Waals surface area contributed by atoms with Crippen LogP contribution in [0.15, 0.2) is 66.1 Å². The number of hydrogen-bond donors (Lipinski definition) is 3. The fourth-order valence-corrected chi connectivity index (χ4v) is 7.45. The average Bonchev–Trinajstić information content (AvgIpc) is 3.72. The molecular weight excluding hydrogens is 558 g/mol.